The average Bonchev–Trinajstić information content (AvgIpc) is 3.36. The van der Waals surface area contributed by atoms with Gasteiger partial charge in [0, 0.05) is 38.4 Å². The van der Waals surface area contributed by atoms with Crippen molar-refractivity contribution in [3.63, 3.8) is 0 Å². The van der Waals surface area contributed by atoms with Crippen LogP contribution < -0.4 is 5.32 Å². The van der Waals surface area contributed by atoms with E-state index in [1.165, 1.54) is 16.7 Å². The Morgan fingerprint density at radius 1 is 1.23 bits per heavy atom. The molecule has 0 bridgehead atoms. The summed E-state index contributed by atoms with van der Waals surface area (Å²) in [4.78, 5) is 25.5. The van der Waals surface area contributed by atoms with E-state index in [9.17, 15) is 4.79 Å². The van der Waals surface area contributed by atoms with Gasteiger partial charge in [-0.05, 0) is 56.0 Å². The highest BCUT2D eigenvalue weighted by Gasteiger charge is 2.27. The quantitative estimate of drug-likeness (QED) is 0.701. The molecule has 1 fully saturated rings. The number of likely N-dealkylation sites (tertiary alicyclic amines) is 1. The summed E-state index contributed by atoms with van der Waals surface area (Å²) in [7, 11) is 2.16. The Labute approximate surface area is 182 Å². The average molecular weight is 420 g/mol. The molecule has 2 aromatic heterocycles. The number of aryl methyl sites for hydroxylation is 1. The molecular weight excluding hydrogens is 390 g/mol. The van der Waals surface area contributed by atoms with Gasteiger partial charge in [-0.3, -0.25) is 4.79 Å². The topological polar surface area (TPSA) is 79.2 Å². The number of nitrogens with zero attached hydrogens (tertiary/aromatic N) is 6. The maximum absolute atomic E-state index is 11.9. The smallest absolute Gasteiger partial charge is 0.229 e. The van der Waals surface area contributed by atoms with E-state index in [0.29, 0.717) is 12.5 Å². The first kappa shape index (κ1) is 19.9. The Hall–Kier alpha value is -3.00. The molecule has 5 rings (SSSR count). The number of carbonyl (C=O) groups excluding carboxylic acids is 1. The molecule has 1 aromatic carbocycles. The van der Waals surface area contributed by atoms with Crippen LogP contribution in [0.2, 0.25) is 0 Å². The van der Waals surface area contributed by atoms with Crippen molar-refractivity contribution in [3.8, 4) is 0 Å². The molecule has 1 atom stereocenters. The van der Waals surface area contributed by atoms with Crippen LogP contribution in [0.5, 0.6) is 0 Å². The molecule has 2 aliphatic rings. The van der Waals surface area contributed by atoms with Crippen molar-refractivity contribution in [2.24, 2.45) is 0 Å². The third kappa shape index (κ3) is 3.87. The van der Waals surface area contributed by atoms with Crippen LogP contribution >= 0.6 is 0 Å². The molecule has 0 radical (unpaired) electrons. The van der Waals surface area contributed by atoms with Gasteiger partial charge in [0.1, 0.15) is 0 Å². The summed E-state index contributed by atoms with van der Waals surface area (Å²) in [6.07, 6.45) is 6.74. The van der Waals surface area contributed by atoms with Crippen LogP contribution in [0.4, 0.5) is 11.6 Å². The molecule has 0 spiro atoms. The first-order valence-electron chi connectivity index (χ1n) is 11.0. The van der Waals surface area contributed by atoms with Gasteiger partial charge < -0.3 is 15.1 Å². The minimum atomic E-state index is 0.129. The summed E-state index contributed by atoms with van der Waals surface area (Å²) in [6.45, 7) is 7.32. The monoisotopic (exact) mass is 419 g/mol. The number of anilines is 2. The summed E-state index contributed by atoms with van der Waals surface area (Å²) in [5, 5.41) is 8.85. The zero-order chi connectivity index (χ0) is 21.5. The van der Waals surface area contributed by atoms with Gasteiger partial charge in [0.15, 0.2) is 5.65 Å². The van der Waals surface area contributed by atoms with E-state index >= 15 is 0 Å². The number of amides is 1. The number of fused-ring (bicyclic) bond motifs is 2. The largest absolute Gasteiger partial charge is 0.338 e. The Morgan fingerprint density at radius 3 is 2.94 bits per heavy atom. The van der Waals surface area contributed by atoms with Gasteiger partial charge in [-0.2, -0.15) is 10.1 Å². The van der Waals surface area contributed by atoms with Crippen molar-refractivity contribution in [2.75, 3.05) is 25.5 Å². The molecule has 0 aliphatic carbocycles. The molecule has 31 heavy (non-hydrogen) atoms. The van der Waals surface area contributed by atoms with E-state index in [-0.39, 0.29) is 11.9 Å². The van der Waals surface area contributed by atoms with E-state index in [0.717, 1.165) is 55.6 Å². The number of hydrogen-bond donors (Lipinski definition) is 1. The standard InChI is InChI=1S/C23H29N7O/c1-15-9-17-6-8-28(3)13-18(17)10-21(15)26-23-24-11-19-12-25-30(22(19)27-23)14-20-5-4-7-29(20)16(2)31/h9-12,20H,4-8,13-14H2,1-3H3,(H,24,26,27)/t20-/m0/s1. The fourth-order valence-electron chi connectivity index (χ4n) is 4.83. The van der Waals surface area contributed by atoms with E-state index in [4.69, 9.17) is 4.98 Å². The lowest BCUT2D eigenvalue weighted by Gasteiger charge is -2.26. The van der Waals surface area contributed by atoms with Crippen molar-refractivity contribution in [1.29, 1.82) is 0 Å². The SMILES string of the molecule is CC(=O)N1CCC[C@H]1Cn1ncc2cnc(Nc3cc4c(cc3C)CCN(C)C4)nc21. The summed E-state index contributed by atoms with van der Waals surface area (Å²) in [6, 6.07) is 4.69. The Bertz CT molecular complexity index is 1140. The molecule has 4 heterocycles. The first-order chi connectivity index (χ1) is 15.0. The molecule has 8 heteroatoms. The molecule has 0 unspecified atom stereocenters. The predicted molar refractivity (Wildman–Crippen MR) is 120 cm³/mol. The molecule has 1 amide bonds. The maximum atomic E-state index is 11.9. The molecule has 3 aromatic rings. The van der Waals surface area contributed by atoms with E-state index < -0.39 is 0 Å². The second kappa shape index (κ2) is 7.92. The van der Waals surface area contributed by atoms with Gasteiger partial charge in [0.2, 0.25) is 11.9 Å². The third-order valence-corrected chi connectivity index (χ3v) is 6.54. The summed E-state index contributed by atoms with van der Waals surface area (Å²) >= 11 is 0. The highest BCUT2D eigenvalue weighted by molar-refractivity contribution is 5.76. The Kier molecular flexibility index (Phi) is 5.09. The molecular formula is C23H29N7O. The van der Waals surface area contributed by atoms with Crippen molar-refractivity contribution in [3.05, 3.63) is 41.2 Å². The number of hydrogen-bond acceptors (Lipinski definition) is 6. The van der Waals surface area contributed by atoms with Crippen LogP contribution in [-0.4, -0.2) is 61.6 Å². The highest BCUT2D eigenvalue weighted by atomic mass is 16.2. The zero-order valence-corrected chi connectivity index (χ0v) is 18.4. The normalized spacial score (nSPS) is 19.1. The fourth-order valence-corrected chi connectivity index (χ4v) is 4.83. The van der Waals surface area contributed by atoms with Crippen LogP contribution in [-0.2, 0) is 24.3 Å². The second-order valence-electron chi connectivity index (χ2n) is 8.86. The Morgan fingerprint density at radius 2 is 2.10 bits per heavy atom. The summed E-state index contributed by atoms with van der Waals surface area (Å²) in [5.41, 5.74) is 5.82. The third-order valence-electron chi connectivity index (χ3n) is 6.54. The fraction of sp³-hybridized carbons (Fsp3) is 0.478. The van der Waals surface area contributed by atoms with Crippen LogP contribution in [0.15, 0.2) is 24.5 Å². The van der Waals surface area contributed by atoms with E-state index in [1.807, 2.05) is 15.8 Å². The predicted octanol–water partition coefficient (Wildman–Crippen LogP) is 2.88. The van der Waals surface area contributed by atoms with Crippen LogP contribution in [0, 0.1) is 6.92 Å². The van der Waals surface area contributed by atoms with Crippen molar-refractivity contribution in [2.45, 2.75) is 52.2 Å². The number of likely N-dealkylation sites (N-methyl/N-ethyl adjacent to an activating group) is 1. The molecule has 1 saturated heterocycles. The van der Waals surface area contributed by atoms with Crippen molar-refractivity contribution < 1.29 is 4.79 Å². The number of carbonyl (C=O) groups is 1. The van der Waals surface area contributed by atoms with Gasteiger partial charge in [-0.15, -0.1) is 0 Å². The summed E-state index contributed by atoms with van der Waals surface area (Å²) < 4.78 is 1.91. The van der Waals surface area contributed by atoms with Gasteiger partial charge in [0.25, 0.3) is 0 Å². The highest BCUT2D eigenvalue weighted by Crippen LogP contribution is 2.28. The second-order valence-corrected chi connectivity index (χ2v) is 8.86. The lowest BCUT2D eigenvalue weighted by molar-refractivity contribution is -0.129. The number of benzene rings is 1. The van der Waals surface area contributed by atoms with Gasteiger partial charge in [-0.1, -0.05) is 6.07 Å². The van der Waals surface area contributed by atoms with E-state index in [1.54, 1.807) is 13.1 Å². The number of aromatic nitrogens is 4. The van der Waals surface area contributed by atoms with Gasteiger partial charge in [0.05, 0.1) is 24.2 Å². The Balaban J connectivity index is 1.41. The lowest BCUT2D eigenvalue weighted by Crippen LogP contribution is -2.36. The molecule has 0 saturated carbocycles. The lowest BCUT2D eigenvalue weighted by atomic mass is 9.96. The van der Waals surface area contributed by atoms with Crippen LogP contribution in [0.1, 0.15) is 36.5 Å². The van der Waals surface area contributed by atoms with Crippen LogP contribution in [0.25, 0.3) is 11.0 Å². The molecule has 162 valence electrons. The van der Waals surface area contributed by atoms with E-state index in [2.05, 4.69) is 46.4 Å². The minimum Gasteiger partial charge on any atom is -0.338 e. The zero-order valence-electron chi connectivity index (χ0n) is 18.4. The van der Waals surface area contributed by atoms with Crippen LogP contribution in [0.3, 0.4) is 0 Å². The van der Waals surface area contributed by atoms with Crippen molar-refractivity contribution in [1.82, 2.24) is 29.5 Å². The molecule has 2 aliphatic heterocycles. The van der Waals surface area contributed by atoms with Gasteiger partial charge in [-0.25, -0.2) is 9.67 Å². The first-order valence-corrected chi connectivity index (χ1v) is 11.0. The minimum absolute atomic E-state index is 0.129. The van der Waals surface area contributed by atoms with Gasteiger partial charge >= 0.3 is 0 Å². The van der Waals surface area contributed by atoms with Crippen molar-refractivity contribution >= 4 is 28.6 Å². The number of rotatable bonds is 4. The molecule has 8 nitrogen and oxygen atoms in total. The summed E-state index contributed by atoms with van der Waals surface area (Å²) in [5.74, 6) is 0.695. The molecule has 1 N–H and O–H groups in total. The maximum Gasteiger partial charge on any atom is 0.229 e. The number of nitrogens with one attached hydrogen (secondary N) is 1.